The Kier molecular flexibility index (Phi) is 15.0. The van der Waals surface area contributed by atoms with E-state index in [0.29, 0.717) is 18.8 Å². The highest BCUT2D eigenvalue weighted by Gasteiger charge is 2.39. The lowest BCUT2D eigenvalue weighted by atomic mass is 10.1. The predicted molar refractivity (Wildman–Crippen MR) is 186 cm³/mol. The van der Waals surface area contributed by atoms with Crippen LogP contribution in [0.15, 0.2) is 30.3 Å². The molecule has 0 atom stereocenters. The maximum absolute atomic E-state index is 13.3. The van der Waals surface area contributed by atoms with E-state index in [2.05, 4.69) is 91.7 Å². The molecule has 1 aromatic carbocycles. The molecule has 238 valence electrons. The highest BCUT2D eigenvalue weighted by Crippen LogP contribution is 2.25. The van der Waals surface area contributed by atoms with Crippen molar-refractivity contribution in [2.45, 2.75) is 123 Å². The van der Waals surface area contributed by atoms with Crippen molar-refractivity contribution >= 4 is 56.2 Å². The fourth-order valence-corrected chi connectivity index (χ4v) is 31.6. The van der Waals surface area contributed by atoms with Crippen LogP contribution in [0.25, 0.3) is 0 Å². The van der Waals surface area contributed by atoms with Gasteiger partial charge in [0.2, 0.25) is 12.1 Å². The number of hydrogen-bond acceptors (Lipinski definition) is 7. The normalized spacial score (nSPS) is 14.1. The Morgan fingerprint density at radius 1 is 0.585 bits per heavy atom. The first-order valence-electron chi connectivity index (χ1n) is 15.0. The van der Waals surface area contributed by atoms with Crippen LogP contribution >= 0.6 is 0 Å². The summed E-state index contributed by atoms with van der Waals surface area (Å²) in [5.74, 6) is -0.139. The van der Waals surface area contributed by atoms with Crippen LogP contribution in [-0.4, -0.2) is 75.7 Å². The molecule has 13 heteroatoms. The molecule has 0 radical (unpaired) electrons. The molecule has 0 N–H and O–H groups in total. The molecule has 41 heavy (non-hydrogen) atoms. The van der Waals surface area contributed by atoms with Gasteiger partial charge < -0.3 is 25.9 Å². The molecule has 0 fully saturated rings. The third kappa shape index (κ3) is 18.4. The maximum atomic E-state index is 13.3. The van der Waals surface area contributed by atoms with Crippen LogP contribution in [0.2, 0.25) is 104 Å². The zero-order chi connectivity index (χ0) is 31.8. The topological polar surface area (TPSA) is 72.5 Å². The van der Waals surface area contributed by atoms with Gasteiger partial charge in [-0.2, -0.15) is 0 Å². The second kappa shape index (κ2) is 15.8. The lowest BCUT2D eigenvalue weighted by Crippen LogP contribution is -2.51. The Balaban J connectivity index is 2.71. The minimum atomic E-state index is -2.19. The van der Waals surface area contributed by atoms with E-state index in [1.54, 1.807) is 0 Å². The first-order chi connectivity index (χ1) is 18.4. The van der Waals surface area contributed by atoms with Crippen molar-refractivity contribution in [3.8, 4) is 0 Å². The summed E-state index contributed by atoms with van der Waals surface area (Å²) in [5.41, 5.74) is 0.598. The molecule has 0 aromatic heterocycles. The van der Waals surface area contributed by atoms with Crippen molar-refractivity contribution in [1.82, 2.24) is 0 Å². The maximum Gasteiger partial charge on any atom is 0.311 e. The van der Waals surface area contributed by atoms with Gasteiger partial charge in [-0.05, 0) is 117 Å². The molecule has 0 aliphatic carbocycles. The minimum Gasteiger partial charge on any atom is -0.437 e. The SMILES string of the molecule is C[Si](C)(C)O[Si](C)(C)O[Si](C)(C)CCCOC(OCCC[Si](C)(C)O[Si](C)(C)O[Si](C)(C)C)C(=O)c1ccccc1. The molecule has 0 saturated heterocycles. The van der Waals surface area contributed by atoms with Crippen LogP contribution in [0.3, 0.4) is 0 Å². The fraction of sp³-hybridized carbons (Fsp3) is 0.750. The monoisotopic (exact) mass is 676 g/mol. The Labute approximate surface area is 258 Å². The van der Waals surface area contributed by atoms with Crippen LogP contribution in [0.4, 0.5) is 0 Å². The van der Waals surface area contributed by atoms with Gasteiger partial charge >= 0.3 is 17.1 Å². The largest absolute Gasteiger partial charge is 0.437 e. The molecule has 0 aliphatic rings. The molecule has 1 rings (SSSR count). The summed E-state index contributed by atoms with van der Waals surface area (Å²) in [6, 6.07) is 11.1. The van der Waals surface area contributed by atoms with E-state index < -0.39 is 56.7 Å². The number of ketones is 1. The number of benzene rings is 1. The average Bonchev–Trinajstić information content (AvgIpc) is 2.73. The molecule has 0 saturated carbocycles. The van der Waals surface area contributed by atoms with Gasteiger partial charge in [0.05, 0.1) is 13.2 Å². The lowest BCUT2D eigenvalue weighted by molar-refractivity contribution is -0.114. The summed E-state index contributed by atoms with van der Waals surface area (Å²) in [7, 11) is -11.6. The van der Waals surface area contributed by atoms with Crippen molar-refractivity contribution in [2.24, 2.45) is 0 Å². The molecular weight excluding hydrogens is 617 g/mol. The third-order valence-corrected chi connectivity index (χ3v) is 26.1. The van der Waals surface area contributed by atoms with Crippen molar-refractivity contribution < 1.29 is 30.7 Å². The Morgan fingerprint density at radius 2 is 0.951 bits per heavy atom. The molecule has 7 nitrogen and oxygen atoms in total. The summed E-state index contributed by atoms with van der Waals surface area (Å²) in [6.45, 7) is 31.7. The molecule has 0 spiro atoms. The van der Waals surface area contributed by atoms with E-state index >= 15 is 0 Å². The van der Waals surface area contributed by atoms with E-state index in [4.69, 9.17) is 25.9 Å². The van der Waals surface area contributed by atoms with Crippen LogP contribution in [-0.2, 0) is 25.9 Å². The van der Waals surface area contributed by atoms with Gasteiger partial charge in [0.1, 0.15) is 0 Å². The van der Waals surface area contributed by atoms with Gasteiger partial charge in [0.15, 0.2) is 33.3 Å². The molecule has 0 unspecified atom stereocenters. The molecule has 0 aliphatic heterocycles. The first kappa shape index (κ1) is 39.0. The van der Waals surface area contributed by atoms with E-state index in [-0.39, 0.29) is 5.78 Å². The van der Waals surface area contributed by atoms with E-state index in [0.717, 1.165) is 24.9 Å². The smallest absolute Gasteiger partial charge is 0.311 e. The number of Topliss-reactive ketones (excluding diaryl/α,β-unsaturated/α-hetero) is 1. The van der Waals surface area contributed by atoms with Crippen LogP contribution < -0.4 is 0 Å². The van der Waals surface area contributed by atoms with Gasteiger partial charge in [0, 0.05) is 5.56 Å². The molecule has 0 amide bonds. The van der Waals surface area contributed by atoms with Crippen molar-refractivity contribution in [1.29, 1.82) is 0 Å². The highest BCUT2D eigenvalue weighted by molar-refractivity contribution is 6.88. The van der Waals surface area contributed by atoms with E-state index in [9.17, 15) is 4.79 Å². The average molecular weight is 677 g/mol. The van der Waals surface area contributed by atoms with Crippen molar-refractivity contribution in [3.63, 3.8) is 0 Å². The molecule has 1 aromatic rings. The number of hydrogen-bond donors (Lipinski definition) is 0. The van der Waals surface area contributed by atoms with Crippen LogP contribution in [0, 0.1) is 0 Å². The lowest BCUT2D eigenvalue weighted by Gasteiger charge is -2.37. The third-order valence-electron chi connectivity index (χ3n) is 5.81. The second-order valence-electron chi connectivity index (χ2n) is 15.0. The summed E-state index contributed by atoms with van der Waals surface area (Å²) in [6.07, 6.45) is 0.697. The Bertz CT molecular complexity index is 878. The van der Waals surface area contributed by atoms with Crippen molar-refractivity contribution in [2.75, 3.05) is 13.2 Å². The summed E-state index contributed by atoms with van der Waals surface area (Å²) < 4.78 is 38.2. The number of carbonyl (C=O) groups excluding carboxylic acids is 1. The van der Waals surface area contributed by atoms with Gasteiger partial charge in [0.25, 0.3) is 0 Å². The number of carbonyl (C=O) groups is 1. The second-order valence-corrected chi connectivity index (χ2v) is 40.3. The van der Waals surface area contributed by atoms with E-state index in [1.165, 1.54) is 0 Å². The van der Waals surface area contributed by atoms with Gasteiger partial charge in [-0.1, -0.05) is 30.3 Å². The summed E-state index contributed by atoms with van der Waals surface area (Å²) in [4.78, 5) is 13.3. The fourth-order valence-electron chi connectivity index (χ4n) is 5.26. The molecule has 0 heterocycles. The zero-order valence-electron chi connectivity index (χ0n) is 28.6. The van der Waals surface area contributed by atoms with Crippen LogP contribution in [0.5, 0.6) is 0 Å². The standard InChI is InChI=1S/C28H60O7Si6/c1-36(2,3)32-40(11,12)34-38(7,8)24-18-22-30-28(27(29)26-20-16-15-17-21-26)31-23-19-25-39(9,10)35-41(13,14)33-37(4,5)6/h15-17,20-21,28H,18-19,22-25H2,1-14H3. The number of rotatable bonds is 20. The summed E-state index contributed by atoms with van der Waals surface area (Å²) >= 11 is 0. The minimum absolute atomic E-state index is 0.139. The zero-order valence-corrected chi connectivity index (χ0v) is 34.6. The molecule has 0 bridgehead atoms. The predicted octanol–water partition coefficient (Wildman–Crippen LogP) is 8.56. The van der Waals surface area contributed by atoms with Crippen molar-refractivity contribution in [3.05, 3.63) is 35.9 Å². The first-order valence-corrected chi connectivity index (χ1v) is 33.7. The van der Waals surface area contributed by atoms with Gasteiger partial charge in [-0.25, -0.2) is 0 Å². The highest BCUT2D eigenvalue weighted by atomic mass is 28.5. The quantitative estimate of drug-likeness (QED) is 0.0593. The number of ether oxygens (including phenoxy) is 2. The van der Waals surface area contributed by atoms with Gasteiger partial charge in [-0.3, -0.25) is 4.79 Å². The Morgan fingerprint density at radius 3 is 1.29 bits per heavy atom. The summed E-state index contributed by atoms with van der Waals surface area (Å²) in [5, 5.41) is 0. The Hall–Kier alpha value is -0.0487. The van der Waals surface area contributed by atoms with Gasteiger partial charge in [-0.15, -0.1) is 0 Å². The molecular formula is C28H60O7Si6. The van der Waals surface area contributed by atoms with E-state index in [1.807, 2.05) is 30.3 Å². The van der Waals surface area contributed by atoms with Crippen LogP contribution in [0.1, 0.15) is 23.2 Å².